The van der Waals surface area contributed by atoms with Crippen molar-refractivity contribution in [2.75, 3.05) is 5.84 Å². The predicted molar refractivity (Wildman–Crippen MR) is 97.0 cm³/mol. The van der Waals surface area contributed by atoms with E-state index >= 15 is 0 Å². The zero-order chi connectivity index (χ0) is 16.0. The van der Waals surface area contributed by atoms with E-state index in [4.69, 9.17) is 29.0 Å². The summed E-state index contributed by atoms with van der Waals surface area (Å²) in [5, 5.41) is 1.19. The molecular weight excluding hydrogens is 457 g/mol. The largest absolute Gasteiger partial charge is 0.334 e. The molecule has 4 nitrogen and oxygen atoms in total. The van der Waals surface area contributed by atoms with Crippen molar-refractivity contribution in [3.05, 3.63) is 59.7 Å². The Kier molecular flexibility index (Phi) is 4.20. The number of nitrogen functional groups attached to an aromatic ring is 1. The van der Waals surface area contributed by atoms with Gasteiger partial charge in [0.05, 0.1) is 20.9 Å². The van der Waals surface area contributed by atoms with Gasteiger partial charge in [-0.1, -0.05) is 39.1 Å². The number of rotatable bonds is 1. The molecule has 2 N–H and O–H groups in total. The van der Waals surface area contributed by atoms with E-state index in [0.717, 1.165) is 9.15 Å². The van der Waals surface area contributed by atoms with Crippen molar-refractivity contribution in [1.29, 1.82) is 0 Å². The van der Waals surface area contributed by atoms with E-state index < -0.39 is 0 Å². The fourth-order valence-corrected chi connectivity index (χ4v) is 3.68. The van der Waals surface area contributed by atoms with Gasteiger partial charge in [0.1, 0.15) is 0 Å². The molecule has 0 saturated heterocycles. The van der Waals surface area contributed by atoms with Crippen molar-refractivity contribution >= 4 is 66.0 Å². The first-order valence-corrected chi connectivity index (χ1v) is 8.35. The summed E-state index contributed by atoms with van der Waals surface area (Å²) in [6.07, 6.45) is 0. The molecule has 0 spiro atoms. The average Bonchev–Trinajstić information content (AvgIpc) is 2.46. The SMILES string of the molecule is Nn1c(-c2ccc(Cl)c(Cl)c2)nc2c(Br)cc(Br)cc2c1=O. The van der Waals surface area contributed by atoms with Gasteiger partial charge in [0.25, 0.3) is 5.56 Å². The molecule has 112 valence electrons. The summed E-state index contributed by atoms with van der Waals surface area (Å²) in [6, 6.07) is 8.45. The molecule has 0 atom stereocenters. The maximum absolute atomic E-state index is 12.5. The first kappa shape index (κ1) is 15.8. The molecule has 1 heterocycles. The van der Waals surface area contributed by atoms with Gasteiger partial charge >= 0.3 is 0 Å². The highest BCUT2D eigenvalue weighted by Gasteiger charge is 2.14. The Morgan fingerprint density at radius 2 is 1.82 bits per heavy atom. The van der Waals surface area contributed by atoms with E-state index in [1.54, 1.807) is 24.3 Å². The Balaban J connectivity index is 2.38. The summed E-state index contributed by atoms with van der Waals surface area (Å²) in [5.74, 6) is 6.21. The predicted octanol–water partition coefficient (Wildman–Crippen LogP) is 4.61. The number of hydrogen-bond acceptors (Lipinski definition) is 3. The molecule has 0 amide bonds. The van der Waals surface area contributed by atoms with Gasteiger partial charge in [-0.25, -0.2) is 9.66 Å². The number of benzene rings is 2. The number of fused-ring (bicyclic) bond motifs is 1. The second-order valence-corrected chi connectivity index (χ2v) is 7.11. The molecule has 0 aliphatic rings. The average molecular weight is 464 g/mol. The minimum atomic E-state index is -0.354. The van der Waals surface area contributed by atoms with Crippen LogP contribution >= 0.6 is 55.1 Å². The van der Waals surface area contributed by atoms with E-state index in [0.29, 0.717) is 36.8 Å². The number of aromatic nitrogens is 2. The molecule has 0 aliphatic carbocycles. The molecule has 0 radical (unpaired) electrons. The van der Waals surface area contributed by atoms with Gasteiger partial charge < -0.3 is 5.84 Å². The van der Waals surface area contributed by atoms with Crippen molar-refractivity contribution in [2.24, 2.45) is 0 Å². The molecule has 3 aromatic rings. The number of nitrogens with zero attached hydrogens (tertiary/aromatic N) is 2. The lowest BCUT2D eigenvalue weighted by atomic mass is 10.2. The highest BCUT2D eigenvalue weighted by Crippen LogP contribution is 2.30. The van der Waals surface area contributed by atoms with Crippen LogP contribution in [0, 0.1) is 0 Å². The molecule has 1 aromatic heterocycles. The van der Waals surface area contributed by atoms with Gasteiger partial charge in [-0.15, -0.1) is 0 Å². The second-order valence-electron chi connectivity index (χ2n) is 4.52. The van der Waals surface area contributed by atoms with E-state index in [1.807, 2.05) is 6.07 Å². The van der Waals surface area contributed by atoms with Crippen LogP contribution in [0.3, 0.4) is 0 Å². The highest BCUT2D eigenvalue weighted by atomic mass is 79.9. The van der Waals surface area contributed by atoms with Crippen LogP contribution in [-0.4, -0.2) is 9.66 Å². The molecule has 0 fully saturated rings. The molecule has 0 aliphatic heterocycles. The maximum atomic E-state index is 12.5. The van der Waals surface area contributed by atoms with Gasteiger partial charge in [0.15, 0.2) is 5.82 Å². The van der Waals surface area contributed by atoms with Gasteiger partial charge in [-0.3, -0.25) is 4.79 Å². The Bertz CT molecular complexity index is 972. The fourth-order valence-electron chi connectivity index (χ4n) is 2.07. The normalized spacial score (nSPS) is 11.1. The van der Waals surface area contributed by atoms with E-state index in [1.165, 1.54) is 0 Å². The second kappa shape index (κ2) is 5.85. The van der Waals surface area contributed by atoms with Crippen molar-refractivity contribution in [2.45, 2.75) is 0 Å². The fraction of sp³-hybridized carbons (Fsp3) is 0. The van der Waals surface area contributed by atoms with Gasteiger partial charge in [-0.05, 0) is 46.3 Å². The third-order valence-electron chi connectivity index (χ3n) is 3.10. The summed E-state index contributed by atoms with van der Waals surface area (Å²) in [5.41, 5.74) is 0.773. The number of halogens is 4. The Labute approximate surface area is 152 Å². The van der Waals surface area contributed by atoms with Gasteiger partial charge in [0.2, 0.25) is 0 Å². The molecular formula is C14H7Br2Cl2N3O. The van der Waals surface area contributed by atoms with Gasteiger partial charge in [0, 0.05) is 14.5 Å². The molecule has 8 heteroatoms. The third-order valence-corrected chi connectivity index (χ3v) is 4.90. The van der Waals surface area contributed by atoms with Crippen molar-refractivity contribution in [3.8, 4) is 11.4 Å². The van der Waals surface area contributed by atoms with Crippen LogP contribution in [0.15, 0.2) is 44.1 Å². The lowest BCUT2D eigenvalue weighted by Crippen LogP contribution is -2.30. The molecule has 3 rings (SSSR count). The van der Waals surface area contributed by atoms with Crippen LogP contribution in [0.25, 0.3) is 22.3 Å². The van der Waals surface area contributed by atoms with Crippen molar-refractivity contribution in [1.82, 2.24) is 9.66 Å². The maximum Gasteiger partial charge on any atom is 0.280 e. The number of nitrogens with two attached hydrogens (primary N) is 1. The Hall–Kier alpha value is -1.08. The molecule has 0 bridgehead atoms. The standard InChI is InChI=1S/C14H7Br2Cl2N3O/c15-7-4-8-12(9(16)5-7)20-13(21(19)14(8)22)6-1-2-10(17)11(18)3-6/h1-5H,19H2. The topological polar surface area (TPSA) is 60.9 Å². The lowest BCUT2D eigenvalue weighted by molar-refractivity contribution is 0.926. The summed E-state index contributed by atoms with van der Waals surface area (Å²) in [6.45, 7) is 0. The summed E-state index contributed by atoms with van der Waals surface area (Å²) >= 11 is 18.7. The van der Waals surface area contributed by atoms with Crippen LogP contribution in [0.2, 0.25) is 10.0 Å². The number of hydrogen-bond donors (Lipinski definition) is 1. The van der Waals surface area contributed by atoms with Crippen LogP contribution in [0.5, 0.6) is 0 Å². The Morgan fingerprint density at radius 3 is 2.50 bits per heavy atom. The van der Waals surface area contributed by atoms with Crippen molar-refractivity contribution < 1.29 is 0 Å². The molecule has 0 unspecified atom stereocenters. The Morgan fingerprint density at radius 1 is 1.09 bits per heavy atom. The zero-order valence-corrected chi connectivity index (χ0v) is 15.5. The molecule has 2 aromatic carbocycles. The van der Waals surface area contributed by atoms with E-state index in [-0.39, 0.29) is 5.56 Å². The minimum absolute atomic E-state index is 0.305. The van der Waals surface area contributed by atoms with E-state index in [2.05, 4.69) is 36.8 Å². The lowest BCUT2D eigenvalue weighted by Gasteiger charge is -2.11. The summed E-state index contributed by atoms with van der Waals surface area (Å²) in [4.78, 5) is 17.0. The zero-order valence-electron chi connectivity index (χ0n) is 10.8. The first-order chi connectivity index (χ1) is 10.4. The van der Waals surface area contributed by atoms with Crippen LogP contribution in [-0.2, 0) is 0 Å². The van der Waals surface area contributed by atoms with Crippen molar-refractivity contribution in [3.63, 3.8) is 0 Å². The first-order valence-electron chi connectivity index (χ1n) is 6.01. The van der Waals surface area contributed by atoms with Gasteiger partial charge in [-0.2, -0.15) is 0 Å². The third kappa shape index (κ3) is 2.65. The van der Waals surface area contributed by atoms with E-state index in [9.17, 15) is 4.79 Å². The minimum Gasteiger partial charge on any atom is -0.334 e. The highest BCUT2D eigenvalue weighted by molar-refractivity contribution is 9.11. The molecule has 22 heavy (non-hydrogen) atoms. The molecule has 0 saturated carbocycles. The summed E-state index contributed by atoms with van der Waals surface area (Å²) < 4.78 is 2.45. The van der Waals surface area contributed by atoms with Crippen LogP contribution in [0.4, 0.5) is 0 Å². The smallest absolute Gasteiger partial charge is 0.280 e. The summed E-state index contributed by atoms with van der Waals surface area (Å²) in [7, 11) is 0. The van der Waals surface area contributed by atoms with Crippen LogP contribution < -0.4 is 11.4 Å². The quantitative estimate of drug-likeness (QED) is 0.536. The monoisotopic (exact) mass is 461 g/mol. The van der Waals surface area contributed by atoms with Crippen LogP contribution in [0.1, 0.15) is 0 Å².